The van der Waals surface area contributed by atoms with Crippen LogP contribution in [0.5, 0.6) is 0 Å². The highest BCUT2D eigenvalue weighted by Gasteiger charge is 2.27. The molecule has 0 radical (unpaired) electrons. The lowest BCUT2D eigenvalue weighted by Crippen LogP contribution is -2.42. The Balaban J connectivity index is 0.745. The summed E-state index contributed by atoms with van der Waals surface area (Å²) in [5, 5.41) is 31.0. The minimum atomic E-state index is -1.32. The quantitative estimate of drug-likeness (QED) is 0.0152. The van der Waals surface area contributed by atoms with Gasteiger partial charge in [-0.1, -0.05) is 67.0 Å². The first-order valence-electron chi connectivity index (χ1n) is 26.4. The topological polar surface area (TPSA) is 391 Å². The molecule has 0 aliphatic carbocycles. The molecule has 1 unspecified atom stereocenters. The summed E-state index contributed by atoms with van der Waals surface area (Å²) in [6, 6.07) is 11.5. The number of fused-ring (bicyclic) bond motifs is 4. The molecular weight excluding hydrogens is 1110 g/mol. The fraction of sp³-hybridized carbons (Fsp3) is 0.472. The number of nitrogens with two attached hydrogens (primary N) is 2. The molecule has 4 aromatic heterocycles. The molecule has 6 aromatic rings. The van der Waals surface area contributed by atoms with Crippen LogP contribution in [0.25, 0.3) is 33.1 Å². The van der Waals surface area contributed by atoms with E-state index >= 15 is 0 Å². The maximum atomic E-state index is 12.8. The van der Waals surface area contributed by atoms with Crippen LogP contribution in [0.1, 0.15) is 74.8 Å². The first-order chi connectivity index (χ1) is 39.4. The van der Waals surface area contributed by atoms with Gasteiger partial charge in [-0.2, -0.15) is 4.98 Å². The number of amides is 3. The Labute approximate surface area is 478 Å². The highest BCUT2D eigenvalue weighted by Crippen LogP contribution is 2.32. The molecule has 0 saturated carbocycles. The average Bonchev–Trinajstić information content (AvgIpc) is 3.81. The Kier molecular flexibility index (Phi) is 24.7. The summed E-state index contributed by atoms with van der Waals surface area (Å²) in [7, 11) is 2.51. The molecule has 2 aromatic carbocycles. The number of aryl methyl sites for hydroxylation is 1. The Hall–Kier alpha value is -7.86. The molecule has 0 aliphatic rings. The summed E-state index contributed by atoms with van der Waals surface area (Å²) in [4.78, 5) is 110. The van der Waals surface area contributed by atoms with Gasteiger partial charge in [0.15, 0.2) is 17.0 Å². The Morgan fingerprint density at radius 1 is 0.793 bits per heavy atom. The number of imidazole rings is 1. The van der Waals surface area contributed by atoms with Crippen molar-refractivity contribution >= 4 is 108 Å². The summed E-state index contributed by atoms with van der Waals surface area (Å²) in [6.07, 6.45) is 2.93. The van der Waals surface area contributed by atoms with Crippen LogP contribution in [0.4, 0.5) is 22.2 Å². The number of aliphatic carboxylic acids is 2. The van der Waals surface area contributed by atoms with Gasteiger partial charge in [0, 0.05) is 65.9 Å². The van der Waals surface area contributed by atoms with Crippen LogP contribution in [0.3, 0.4) is 0 Å². The summed E-state index contributed by atoms with van der Waals surface area (Å²) in [6.45, 7) is 8.08. The lowest BCUT2D eigenvalue weighted by molar-refractivity contribution is -0.141. The van der Waals surface area contributed by atoms with Gasteiger partial charge >= 0.3 is 18.1 Å². The van der Waals surface area contributed by atoms with Crippen molar-refractivity contribution in [1.82, 2.24) is 50.4 Å². The van der Waals surface area contributed by atoms with Crippen LogP contribution in [0.15, 0.2) is 59.5 Å². The molecule has 27 nitrogen and oxygen atoms in total. The van der Waals surface area contributed by atoms with Gasteiger partial charge in [-0.25, -0.2) is 34.3 Å². The Morgan fingerprint density at radius 3 is 2.24 bits per heavy atom. The number of para-hydroxylation sites is 1. The van der Waals surface area contributed by atoms with Crippen LogP contribution >= 0.6 is 21.6 Å². The second kappa shape index (κ2) is 32.0. The largest absolute Gasteiger partial charge is 0.508 e. The van der Waals surface area contributed by atoms with Gasteiger partial charge in [-0.05, 0) is 43.2 Å². The van der Waals surface area contributed by atoms with Crippen molar-refractivity contribution in [3.05, 3.63) is 82.2 Å². The van der Waals surface area contributed by atoms with E-state index in [9.17, 15) is 43.8 Å². The van der Waals surface area contributed by atoms with E-state index in [4.69, 9.17) is 40.1 Å². The van der Waals surface area contributed by atoms with E-state index in [0.717, 1.165) is 41.5 Å². The number of anilines is 3. The highest BCUT2D eigenvalue weighted by molar-refractivity contribution is 8.76. The van der Waals surface area contributed by atoms with Crippen molar-refractivity contribution in [1.29, 1.82) is 0 Å². The van der Waals surface area contributed by atoms with Crippen LogP contribution in [0.2, 0.25) is 0 Å². The van der Waals surface area contributed by atoms with E-state index in [1.54, 1.807) is 12.1 Å². The third-order valence-corrected chi connectivity index (χ3v) is 14.5. The van der Waals surface area contributed by atoms with E-state index in [-0.39, 0.29) is 114 Å². The van der Waals surface area contributed by atoms with Gasteiger partial charge in [0.05, 0.1) is 69.1 Å². The van der Waals surface area contributed by atoms with Gasteiger partial charge < -0.3 is 71.2 Å². The van der Waals surface area contributed by atoms with Gasteiger partial charge in [-0.3, -0.25) is 24.2 Å². The fourth-order valence-electron chi connectivity index (χ4n) is 7.97. The summed E-state index contributed by atoms with van der Waals surface area (Å²) >= 11 is 0. The number of carbonyl (C=O) groups is 6. The standard InChI is InChI=1S/C53H69N13O14S2/c1-4-5-10-39-63-42-44(35-8-6-7-9-36(35)61-45(42)54)66(39)30-53(2,3)31-80-52(75)79-25-26-81-82-29-38(50(73)74)60-41(68)17-19-76-21-23-78-24-22-77-20-18-56-40(67)16-15-37(49(71)72)62-47(69)32-11-13-33(14-12-32)57-27-34-28-58-46-43(59-34)48(70)65-51(55)64-46/h6-9,11-14,28,37-38,57H,4-5,10,15-27,29-31H2,1-3H3,(H2,54,61)(H,56,67)(H,60,68)(H,62,69)(H,71,72)(H,73,74)(H3,55,58,64,65,70)/t37-,38?/m0/s1. The number of H-pyrrole nitrogens is 1. The number of nitrogens with one attached hydrogen (secondary N) is 5. The number of carboxylic acids is 2. The van der Waals surface area contributed by atoms with Crippen molar-refractivity contribution in [3.8, 4) is 0 Å². The molecule has 442 valence electrons. The number of aromatic amines is 1. The van der Waals surface area contributed by atoms with Crippen LogP contribution in [-0.4, -0.2) is 163 Å². The number of unbranched alkanes of at least 4 members (excludes halogenated alkanes) is 1. The van der Waals surface area contributed by atoms with Crippen LogP contribution < -0.4 is 38.3 Å². The first kappa shape index (κ1) is 63.3. The van der Waals surface area contributed by atoms with Crippen molar-refractivity contribution in [2.45, 2.75) is 84.5 Å². The molecule has 0 aliphatic heterocycles. The number of pyridine rings is 1. The number of benzene rings is 2. The van der Waals surface area contributed by atoms with E-state index in [1.165, 1.54) is 39.9 Å². The molecule has 2 atom stereocenters. The fourth-order valence-corrected chi connectivity index (χ4v) is 9.95. The molecule has 29 heteroatoms. The monoisotopic (exact) mass is 1180 g/mol. The summed E-state index contributed by atoms with van der Waals surface area (Å²) < 4.78 is 29.3. The molecule has 0 fully saturated rings. The maximum Gasteiger partial charge on any atom is 0.508 e. The van der Waals surface area contributed by atoms with Crippen LogP contribution in [0, 0.1) is 5.41 Å². The SMILES string of the molecule is CCCCc1nc2c(N)nc3ccccc3c2n1CC(C)(C)COC(=O)OCCSSCC(NC(=O)CCOCCOCCOCCNC(=O)CC[C@H](NC(=O)c1ccc(NCc2cnc3nc(N)[nH]c(=O)c3n2)cc1)C(=O)O)C(=O)O. The molecule has 0 saturated heterocycles. The smallest absolute Gasteiger partial charge is 0.480 e. The van der Waals surface area contributed by atoms with Gasteiger partial charge in [0.1, 0.15) is 36.6 Å². The van der Waals surface area contributed by atoms with Crippen molar-refractivity contribution < 1.29 is 62.7 Å². The molecule has 3 amide bonds. The number of aromatic nitrogens is 7. The lowest BCUT2D eigenvalue weighted by atomic mass is 9.94. The van der Waals surface area contributed by atoms with Gasteiger partial charge in [0.25, 0.3) is 11.5 Å². The zero-order valence-electron chi connectivity index (χ0n) is 45.7. The lowest BCUT2D eigenvalue weighted by Gasteiger charge is -2.26. The van der Waals surface area contributed by atoms with E-state index < -0.39 is 58.9 Å². The molecule has 0 bridgehead atoms. The van der Waals surface area contributed by atoms with Crippen molar-refractivity contribution in [2.24, 2.45) is 5.41 Å². The number of carboxylic acid groups (broad SMARTS) is 2. The number of nitrogens with zero attached hydrogens (tertiary/aromatic N) is 6. The van der Waals surface area contributed by atoms with Gasteiger partial charge in [-0.15, -0.1) is 0 Å². The average molecular weight is 1180 g/mol. The van der Waals surface area contributed by atoms with Gasteiger partial charge in [0.2, 0.25) is 17.8 Å². The molecular formula is C53H69N13O14S2. The van der Waals surface area contributed by atoms with Crippen LogP contribution in [-0.2, 0) is 62.4 Å². The number of hydrogen-bond acceptors (Lipinski definition) is 22. The Morgan fingerprint density at radius 2 is 1.51 bits per heavy atom. The molecule has 11 N–H and O–H groups in total. The normalized spacial score (nSPS) is 12.2. The number of nitrogen functional groups attached to an aromatic ring is 2. The minimum absolute atomic E-state index is 0.0306. The first-order valence-corrected chi connectivity index (χ1v) is 28.9. The third kappa shape index (κ3) is 20.0. The molecule has 4 heterocycles. The second-order valence-corrected chi connectivity index (χ2v) is 21.9. The Bertz CT molecular complexity index is 3200. The minimum Gasteiger partial charge on any atom is -0.480 e. The maximum absolute atomic E-state index is 12.8. The number of hydrogen-bond donors (Lipinski definition) is 9. The van der Waals surface area contributed by atoms with Crippen molar-refractivity contribution in [2.75, 3.05) is 87.7 Å². The van der Waals surface area contributed by atoms with E-state index in [1.807, 2.05) is 38.1 Å². The summed E-state index contributed by atoms with van der Waals surface area (Å²) in [5.41, 5.74) is 14.6. The number of ether oxygens (including phenoxy) is 5. The molecule has 0 spiro atoms. The predicted octanol–water partition coefficient (Wildman–Crippen LogP) is 4.08. The van der Waals surface area contributed by atoms with E-state index in [2.05, 4.69) is 57.7 Å². The predicted molar refractivity (Wildman–Crippen MR) is 308 cm³/mol. The second-order valence-electron chi connectivity index (χ2n) is 19.3. The zero-order chi connectivity index (χ0) is 59.0. The highest BCUT2D eigenvalue weighted by atomic mass is 33.1. The molecule has 6 rings (SSSR count). The zero-order valence-corrected chi connectivity index (χ0v) is 47.4. The number of carbonyl (C=O) groups excluding carboxylic acids is 4. The third-order valence-electron chi connectivity index (χ3n) is 12.1. The van der Waals surface area contributed by atoms with Crippen molar-refractivity contribution in [3.63, 3.8) is 0 Å². The summed E-state index contributed by atoms with van der Waals surface area (Å²) in [5.74, 6) is -2.46. The van der Waals surface area contributed by atoms with E-state index in [0.29, 0.717) is 35.0 Å². The molecule has 82 heavy (non-hydrogen) atoms. The number of rotatable bonds is 36.